The van der Waals surface area contributed by atoms with Gasteiger partial charge in [0.15, 0.2) is 5.13 Å². The lowest BCUT2D eigenvalue weighted by molar-refractivity contribution is 0.102. The Balaban J connectivity index is 1.46. The summed E-state index contributed by atoms with van der Waals surface area (Å²) in [5.74, 6) is -0.354. The van der Waals surface area contributed by atoms with E-state index in [4.69, 9.17) is 0 Å². The van der Waals surface area contributed by atoms with Crippen molar-refractivity contribution in [2.24, 2.45) is 0 Å². The average Bonchev–Trinajstić information content (AvgIpc) is 3.09. The first-order valence-electron chi connectivity index (χ1n) is 9.15. The Morgan fingerprint density at radius 2 is 2.10 bits per heavy atom. The van der Waals surface area contributed by atoms with Gasteiger partial charge in [-0.25, -0.2) is 13.4 Å². The van der Waals surface area contributed by atoms with E-state index in [2.05, 4.69) is 15.3 Å². The van der Waals surface area contributed by atoms with Crippen LogP contribution in [0.5, 0.6) is 0 Å². The Kier molecular flexibility index (Phi) is 5.44. The van der Waals surface area contributed by atoms with Crippen molar-refractivity contribution in [3.63, 3.8) is 0 Å². The minimum absolute atomic E-state index is 0.0217. The maximum absolute atomic E-state index is 12.9. The largest absolute Gasteiger partial charge is 0.296 e. The number of hydrogen-bond acceptors (Lipinski definition) is 6. The van der Waals surface area contributed by atoms with Crippen LogP contribution in [0.3, 0.4) is 0 Å². The van der Waals surface area contributed by atoms with E-state index in [9.17, 15) is 13.2 Å². The van der Waals surface area contributed by atoms with Crippen molar-refractivity contribution in [3.05, 3.63) is 76.1 Å². The monoisotopic (exact) mass is 428 g/mol. The SMILES string of the molecule is Cc1cccc(CS(=O)(=O)N2CCc3nc(NC(=O)c4ccccn4)sc3C2)c1. The zero-order valence-corrected chi connectivity index (χ0v) is 17.5. The lowest BCUT2D eigenvalue weighted by Gasteiger charge is -2.25. The van der Waals surface area contributed by atoms with Gasteiger partial charge in [-0.1, -0.05) is 35.9 Å². The molecule has 0 saturated carbocycles. The molecule has 1 N–H and O–H groups in total. The van der Waals surface area contributed by atoms with Crippen LogP contribution in [0.2, 0.25) is 0 Å². The van der Waals surface area contributed by atoms with Gasteiger partial charge in [-0.05, 0) is 24.6 Å². The van der Waals surface area contributed by atoms with Crippen LogP contribution in [0, 0.1) is 6.92 Å². The molecule has 3 heterocycles. The van der Waals surface area contributed by atoms with Gasteiger partial charge in [0, 0.05) is 30.6 Å². The molecule has 0 saturated heterocycles. The molecule has 0 unspecified atom stereocenters. The number of carbonyl (C=O) groups excluding carboxylic acids is 1. The van der Waals surface area contributed by atoms with Crippen LogP contribution < -0.4 is 5.32 Å². The quantitative estimate of drug-likeness (QED) is 0.674. The van der Waals surface area contributed by atoms with Crippen LogP contribution in [0.4, 0.5) is 5.13 Å². The Morgan fingerprint density at radius 1 is 1.24 bits per heavy atom. The maximum atomic E-state index is 12.9. The number of carbonyl (C=O) groups is 1. The molecule has 2 aromatic heterocycles. The minimum atomic E-state index is -3.44. The molecule has 0 radical (unpaired) electrons. The molecule has 150 valence electrons. The number of nitrogens with zero attached hydrogens (tertiary/aromatic N) is 3. The van der Waals surface area contributed by atoms with Gasteiger partial charge < -0.3 is 0 Å². The number of nitrogens with one attached hydrogen (secondary N) is 1. The molecule has 0 aliphatic carbocycles. The van der Waals surface area contributed by atoms with Crippen molar-refractivity contribution < 1.29 is 13.2 Å². The number of aryl methyl sites for hydroxylation is 1. The van der Waals surface area contributed by atoms with Crippen LogP contribution in [0.25, 0.3) is 0 Å². The highest BCUT2D eigenvalue weighted by molar-refractivity contribution is 7.88. The van der Waals surface area contributed by atoms with E-state index in [1.807, 2.05) is 31.2 Å². The third-order valence-corrected chi connectivity index (χ3v) is 7.43. The van der Waals surface area contributed by atoms with Crippen LogP contribution >= 0.6 is 11.3 Å². The van der Waals surface area contributed by atoms with Gasteiger partial charge in [0.1, 0.15) is 5.69 Å². The Bertz CT molecular complexity index is 1140. The first kappa shape index (κ1) is 19.7. The van der Waals surface area contributed by atoms with Crippen molar-refractivity contribution in [2.75, 3.05) is 11.9 Å². The summed E-state index contributed by atoms with van der Waals surface area (Å²) in [5.41, 5.74) is 2.97. The summed E-state index contributed by atoms with van der Waals surface area (Å²) in [6.07, 6.45) is 2.08. The number of aromatic nitrogens is 2. The molecular formula is C20H20N4O3S2. The number of amides is 1. The first-order valence-corrected chi connectivity index (χ1v) is 11.6. The summed E-state index contributed by atoms with van der Waals surface area (Å²) in [6.45, 7) is 2.61. The lowest BCUT2D eigenvalue weighted by Crippen LogP contribution is -2.36. The molecule has 1 aromatic carbocycles. The number of benzene rings is 1. The standard InChI is InChI=1S/C20H20N4O3S2/c1-14-5-4-6-15(11-14)13-29(26,27)24-10-8-16-18(12-24)28-20(22-16)23-19(25)17-7-2-3-9-21-17/h2-7,9,11H,8,10,12-13H2,1H3,(H,22,23,25). The van der Waals surface area contributed by atoms with Crippen molar-refractivity contribution >= 4 is 32.4 Å². The van der Waals surface area contributed by atoms with Gasteiger partial charge in [0.05, 0.1) is 11.4 Å². The molecule has 7 nitrogen and oxygen atoms in total. The number of hydrogen-bond donors (Lipinski definition) is 1. The second-order valence-electron chi connectivity index (χ2n) is 6.89. The molecule has 1 aliphatic rings. The smallest absolute Gasteiger partial charge is 0.276 e. The number of sulfonamides is 1. The van der Waals surface area contributed by atoms with Gasteiger partial charge in [0.25, 0.3) is 5.91 Å². The number of fused-ring (bicyclic) bond motifs is 1. The predicted molar refractivity (Wildman–Crippen MR) is 112 cm³/mol. The summed E-state index contributed by atoms with van der Waals surface area (Å²) in [7, 11) is -3.44. The fourth-order valence-electron chi connectivity index (χ4n) is 3.22. The number of anilines is 1. The molecule has 0 bridgehead atoms. The molecule has 0 fully saturated rings. The van der Waals surface area contributed by atoms with Crippen molar-refractivity contribution in [2.45, 2.75) is 25.6 Å². The van der Waals surface area contributed by atoms with E-state index in [1.54, 1.807) is 24.4 Å². The molecule has 3 aromatic rings. The highest BCUT2D eigenvalue weighted by Crippen LogP contribution is 2.30. The maximum Gasteiger partial charge on any atom is 0.276 e. The van der Waals surface area contributed by atoms with Crippen LogP contribution in [0.1, 0.15) is 32.2 Å². The van der Waals surface area contributed by atoms with Crippen molar-refractivity contribution in [1.82, 2.24) is 14.3 Å². The van der Waals surface area contributed by atoms with E-state index < -0.39 is 10.0 Å². The normalized spacial score (nSPS) is 14.4. The van der Waals surface area contributed by atoms with E-state index >= 15 is 0 Å². The molecular weight excluding hydrogens is 408 g/mol. The van der Waals surface area contributed by atoms with Crippen molar-refractivity contribution in [1.29, 1.82) is 0 Å². The predicted octanol–water partition coefficient (Wildman–Crippen LogP) is 2.99. The van der Waals surface area contributed by atoms with E-state index in [-0.39, 0.29) is 18.2 Å². The summed E-state index contributed by atoms with van der Waals surface area (Å²) >= 11 is 1.31. The summed E-state index contributed by atoms with van der Waals surface area (Å²) in [5, 5.41) is 3.21. The third kappa shape index (κ3) is 4.52. The topological polar surface area (TPSA) is 92.3 Å². The summed E-state index contributed by atoms with van der Waals surface area (Å²) in [6, 6.07) is 12.7. The Labute approximate surface area is 173 Å². The minimum Gasteiger partial charge on any atom is -0.296 e. The highest BCUT2D eigenvalue weighted by atomic mass is 32.2. The Morgan fingerprint density at radius 3 is 2.86 bits per heavy atom. The number of rotatable bonds is 5. The van der Waals surface area contributed by atoms with Gasteiger partial charge >= 0.3 is 0 Å². The lowest BCUT2D eigenvalue weighted by atomic mass is 10.2. The van der Waals surface area contributed by atoms with E-state index in [0.29, 0.717) is 23.8 Å². The zero-order chi connectivity index (χ0) is 20.4. The summed E-state index contributed by atoms with van der Waals surface area (Å²) in [4.78, 5) is 21.6. The van der Waals surface area contributed by atoms with Gasteiger partial charge in [-0.3, -0.25) is 15.1 Å². The average molecular weight is 429 g/mol. The van der Waals surface area contributed by atoms with E-state index in [1.165, 1.54) is 15.6 Å². The number of pyridine rings is 1. The molecule has 0 atom stereocenters. The van der Waals surface area contributed by atoms with Crippen LogP contribution in [-0.4, -0.2) is 35.1 Å². The van der Waals surface area contributed by atoms with Crippen LogP contribution in [-0.2, 0) is 28.7 Å². The van der Waals surface area contributed by atoms with Gasteiger partial charge in [-0.15, -0.1) is 11.3 Å². The van der Waals surface area contributed by atoms with Crippen LogP contribution in [0.15, 0.2) is 48.7 Å². The first-order chi connectivity index (χ1) is 13.9. The van der Waals surface area contributed by atoms with Crippen molar-refractivity contribution in [3.8, 4) is 0 Å². The Hall–Kier alpha value is -2.62. The molecule has 9 heteroatoms. The molecule has 29 heavy (non-hydrogen) atoms. The molecule has 1 amide bonds. The van der Waals surface area contributed by atoms with Gasteiger partial charge in [0.2, 0.25) is 10.0 Å². The highest BCUT2D eigenvalue weighted by Gasteiger charge is 2.29. The van der Waals surface area contributed by atoms with Gasteiger partial charge in [-0.2, -0.15) is 4.31 Å². The summed E-state index contributed by atoms with van der Waals surface area (Å²) < 4.78 is 27.3. The third-order valence-electron chi connectivity index (χ3n) is 4.64. The fourth-order valence-corrected chi connectivity index (χ4v) is 5.80. The number of thiazole rings is 1. The molecule has 0 spiro atoms. The second-order valence-corrected chi connectivity index (χ2v) is 9.94. The second kappa shape index (κ2) is 8.02. The fraction of sp³-hybridized carbons (Fsp3) is 0.250. The molecule has 4 rings (SSSR count). The van der Waals surface area contributed by atoms with E-state index in [0.717, 1.165) is 21.7 Å². The zero-order valence-electron chi connectivity index (χ0n) is 15.8. The molecule has 1 aliphatic heterocycles.